The Morgan fingerprint density at radius 1 is 1.31 bits per heavy atom. The number of thiazole rings is 1. The molecule has 3 aromatic rings. The molecule has 2 aromatic heterocycles. The van der Waals surface area contributed by atoms with Gasteiger partial charge in [0.2, 0.25) is 5.91 Å². The van der Waals surface area contributed by atoms with E-state index in [4.69, 9.17) is 0 Å². The summed E-state index contributed by atoms with van der Waals surface area (Å²) in [6.07, 6.45) is 3.92. The average Bonchev–Trinajstić information content (AvgIpc) is 3.18. The lowest BCUT2D eigenvalue weighted by Crippen LogP contribution is -2.43. The third-order valence-corrected chi connectivity index (χ3v) is 6.13. The van der Waals surface area contributed by atoms with Crippen molar-refractivity contribution in [1.82, 2.24) is 20.1 Å². The molecule has 1 aliphatic rings. The van der Waals surface area contributed by atoms with Crippen molar-refractivity contribution in [2.45, 2.75) is 25.8 Å². The minimum absolute atomic E-state index is 0.00959. The zero-order valence-corrected chi connectivity index (χ0v) is 16.7. The van der Waals surface area contributed by atoms with E-state index in [1.807, 2.05) is 6.07 Å². The Hall–Kier alpha value is -2.81. The number of halogens is 1. The van der Waals surface area contributed by atoms with Gasteiger partial charge in [0.1, 0.15) is 11.3 Å². The van der Waals surface area contributed by atoms with Crippen molar-refractivity contribution in [2.75, 3.05) is 24.5 Å². The lowest BCUT2D eigenvalue weighted by atomic mass is 9.97. The van der Waals surface area contributed by atoms with Gasteiger partial charge in [0.05, 0.1) is 10.6 Å². The summed E-state index contributed by atoms with van der Waals surface area (Å²) in [7, 11) is 0. The molecular weight excluding hydrogens is 393 g/mol. The quantitative estimate of drug-likeness (QED) is 0.626. The zero-order valence-electron chi connectivity index (χ0n) is 15.9. The number of fused-ring (bicyclic) bond motifs is 1. The first-order valence-electron chi connectivity index (χ1n) is 9.71. The van der Waals surface area contributed by atoms with Crippen LogP contribution in [-0.4, -0.2) is 40.3 Å². The Labute approximate surface area is 171 Å². The number of carbonyl (C=O) groups excluding carboxylic acids is 1. The summed E-state index contributed by atoms with van der Waals surface area (Å²) in [5, 5.41) is 7.73. The fraction of sp³-hybridized carbons (Fsp3) is 0.400. The van der Waals surface area contributed by atoms with E-state index in [0.29, 0.717) is 31.6 Å². The van der Waals surface area contributed by atoms with Crippen LogP contribution >= 0.6 is 11.3 Å². The van der Waals surface area contributed by atoms with E-state index in [-0.39, 0.29) is 23.2 Å². The standard InChI is InChI=1S/C20H22FN5O2S/c21-15-6-1-7-16-18(15)24-20(29-16)25-11-3-5-14(13-25)19(28)22-9-4-12-26-17(27)8-2-10-23-26/h1-2,6-8,10,14H,3-5,9,11-13H2,(H,22,28). The van der Waals surface area contributed by atoms with Crippen molar-refractivity contribution in [3.05, 3.63) is 52.7 Å². The molecule has 1 atom stereocenters. The SMILES string of the molecule is O=C(NCCCn1ncccc1=O)C1CCCN(c2nc3c(F)cccc3s2)C1. The van der Waals surface area contributed by atoms with Crippen LogP contribution in [-0.2, 0) is 11.3 Å². The number of aromatic nitrogens is 3. The van der Waals surface area contributed by atoms with Crippen molar-refractivity contribution in [1.29, 1.82) is 0 Å². The number of para-hydroxylation sites is 1. The predicted octanol–water partition coefficient (Wildman–Crippen LogP) is 2.41. The highest BCUT2D eigenvalue weighted by Crippen LogP contribution is 2.32. The molecule has 0 saturated carbocycles. The molecule has 1 saturated heterocycles. The minimum atomic E-state index is -0.316. The maximum absolute atomic E-state index is 13.9. The number of carbonyl (C=O) groups is 1. The van der Waals surface area contributed by atoms with Gasteiger partial charge < -0.3 is 10.2 Å². The third kappa shape index (κ3) is 4.45. The van der Waals surface area contributed by atoms with Crippen molar-refractivity contribution in [3.8, 4) is 0 Å². The Morgan fingerprint density at radius 3 is 3.03 bits per heavy atom. The maximum Gasteiger partial charge on any atom is 0.266 e. The van der Waals surface area contributed by atoms with E-state index in [1.54, 1.807) is 18.3 Å². The van der Waals surface area contributed by atoms with E-state index in [0.717, 1.165) is 29.2 Å². The van der Waals surface area contributed by atoms with Gasteiger partial charge in [0.15, 0.2) is 5.13 Å². The normalized spacial score (nSPS) is 16.9. The molecule has 4 rings (SSSR count). The van der Waals surface area contributed by atoms with E-state index >= 15 is 0 Å². The maximum atomic E-state index is 13.9. The molecule has 152 valence electrons. The first kappa shape index (κ1) is 19.5. The van der Waals surface area contributed by atoms with Gasteiger partial charge in [-0.05, 0) is 37.5 Å². The molecule has 0 spiro atoms. The summed E-state index contributed by atoms with van der Waals surface area (Å²) in [5.41, 5.74) is 0.248. The summed E-state index contributed by atoms with van der Waals surface area (Å²) >= 11 is 1.46. The number of nitrogens with zero attached hydrogens (tertiary/aromatic N) is 4. The molecule has 1 unspecified atom stereocenters. The second kappa shape index (κ2) is 8.69. The lowest BCUT2D eigenvalue weighted by molar-refractivity contribution is -0.125. The molecule has 3 heterocycles. The van der Waals surface area contributed by atoms with Crippen molar-refractivity contribution in [3.63, 3.8) is 0 Å². The van der Waals surface area contributed by atoms with Crippen LogP contribution in [0.2, 0.25) is 0 Å². The first-order valence-corrected chi connectivity index (χ1v) is 10.5. The number of piperidine rings is 1. The number of benzene rings is 1. The highest BCUT2D eigenvalue weighted by atomic mass is 32.1. The second-order valence-corrected chi connectivity index (χ2v) is 8.11. The Bertz CT molecular complexity index is 1070. The Kier molecular flexibility index (Phi) is 5.84. The summed E-state index contributed by atoms with van der Waals surface area (Å²) < 4.78 is 16.1. The Balaban J connectivity index is 1.31. The van der Waals surface area contributed by atoms with Gasteiger partial charge in [-0.25, -0.2) is 14.1 Å². The van der Waals surface area contributed by atoms with Crippen molar-refractivity contribution >= 4 is 32.6 Å². The molecule has 1 N–H and O–H groups in total. The summed E-state index contributed by atoms with van der Waals surface area (Å²) in [6.45, 7) is 2.35. The number of rotatable bonds is 6. The molecule has 1 fully saturated rings. The van der Waals surface area contributed by atoms with Crippen LogP contribution in [0, 0.1) is 11.7 Å². The van der Waals surface area contributed by atoms with Gasteiger partial charge in [0.25, 0.3) is 5.56 Å². The van der Waals surface area contributed by atoms with Crippen LogP contribution in [0.25, 0.3) is 10.2 Å². The molecule has 0 aliphatic carbocycles. The first-order chi connectivity index (χ1) is 14.1. The van der Waals surface area contributed by atoms with Gasteiger partial charge in [-0.1, -0.05) is 17.4 Å². The number of aryl methyl sites for hydroxylation is 1. The summed E-state index contributed by atoms with van der Waals surface area (Å²) in [4.78, 5) is 30.7. The molecule has 1 aliphatic heterocycles. The number of nitrogens with one attached hydrogen (secondary N) is 1. The lowest BCUT2D eigenvalue weighted by Gasteiger charge is -2.31. The van der Waals surface area contributed by atoms with Gasteiger partial charge >= 0.3 is 0 Å². The fourth-order valence-corrected chi connectivity index (χ4v) is 4.56. The van der Waals surface area contributed by atoms with Crippen LogP contribution in [0.4, 0.5) is 9.52 Å². The van der Waals surface area contributed by atoms with E-state index < -0.39 is 0 Å². The number of hydrogen-bond acceptors (Lipinski definition) is 6. The van der Waals surface area contributed by atoms with E-state index in [2.05, 4.69) is 20.3 Å². The molecule has 0 bridgehead atoms. The predicted molar refractivity (Wildman–Crippen MR) is 111 cm³/mol. The molecule has 1 aromatic carbocycles. The van der Waals surface area contributed by atoms with Crippen LogP contribution < -0.4 is 15.8 Å². The third-order valence-electron chi connectivity index (χ3n) is 5.05. The molecule has 1 amide bonds. The minimum Gasteiger partial charge on any atom is -0.356 e. The summed E-state index contributed by atoms with van der Waals surface area (Å²) in [6, 6.07) is 8.04. The number of anilines is 1. The molecule has 29 heavy (non-hydrogen) atoms. The molecule has 0 radical (unpaired) electrons. The van der Waals surface area contributed by atoms with E-state index in [9.17, 15) is 14.0 Å². The molecular formula is C20H22FN5O2S. The fourth-order valence-electron chi connectivity index (χ4n) is 3.54. The topological polar surface area (TPSA) is 80.1 Å². The number of amides is 1. The Morgan fingerprint density at radius 2 is 2.21 bits per heavy atom. The molecule has 7 nitrogen and oxygen atoms in total. The average molecular weight is 415 g/mol. The van der Waals surface area contributed by atoms with Crippen LogP contribution in [0.5, 0.6) is 0 Å². The number of hydrogen-bond donors (Lipinski definition) is 1. The largest absolute Gasteiger partial charge is 0.356 e. The molecule has 9 heteroatoms. The van der Waals surface area contributed by atoms with Crippen molar-refractivity contribution < 1.29 is 9.18 Å². The van der Waals surface area contributed by atoms with Gasteiger partial charge in [-0.15, -0.1) is 0 Å². The van der Waals surface area contributed by atoms with Crippen molar-refractivity contribution in [2.24, 2.45) is 5.92 Å². The van der Waals surface area contributed by atoms with Crippen LogP contribution in [0.1, 0.15) is 19.3 Å². The second-order valence-electron chi connectivity index (χ2n) is 7.10. The monoisotopic (exact) mass is 415 g/mol. The van der Waals surface area contributed by atoms with Gasteiger partial charge in [-0.3, -0.25) is 9.59 Å². The highest BCUT2D eigenvalue weighted by Gasteiger charge is 2.27. The smallest absolute Gasteiger partial charge is 0.266 e. The van der Waals surface area contributed by atoms with Gasteiger partial charge in [0, 0.05) is 38.4 Å². The zero-order chi connectivity index (χ0) is 20.2. The van der Waals surface area contributed by atoms with Crippen LogP contribution in [0.15, 0.2) is 41.3 Å². The summed E-state index contributed by atoms with van der Waals surface area (Å²) in [5.74, 6) is -0.433. The van der Waals surface area contributed by atoms with Crippen LogP contribution in [0.3, 0.4) is 0 Å². The highest BCUT2D eigenvalue weighted by molar-refractivity contribution is 7.22. The van der Waals surface area contributed by atoms with E-state index in [1.165, 1.54) is 28.2 Å². The van der Waals surface area contributed by atoms with Gasteiger partial charge in [-0.2, -0.15) is 5.10 Å².